The lowest BCUT2D eigenvalue weighted by Gasteiger charge is -2.24. The van der Waals surface area contributed by atoms with Gasteiger partial charge in [0.05, 0.1) is 0 Å². The van der Waals surface area contributed by atoms with E-state index in [9.17, 15) is 4.79 Å². The first-order valence-electron chi connectivity index (χ1n) is 5.93. The van der Waals surface area contributed by atoms with Crippen LogP contribution >= 0.6 is 0 Å². The standard InChI is InChI=1S/C15H22O/c1-12(16)14(11-15(2,3)4)10-13-8-6-5-7-9-13/h5-9,14H,10-11H2,1-4H3. The predicted molar refractivity (Wildman–Crippen MR) is 68.4 cm³/mol. The maximum absolute atomic E-state index is 11.6. The molecule has 0 amide bonds. The molecular weight excluding hydrogens is 196 g/mol. The van der Waals surface area contributed by atoms with Crippen molar-refractivity contribution in [2.45, 2.75) is 40.5 Å². The first kappa shape index (κ1) is 13.0. The Morgan fingerprint density at radius 3 is 2.19 bits per heavy atom. The van der Waals surface area contributed by atoms with Gasteiger partial charge < -0.3 is 0 Å². The fourth-order valence-corrected chi connectivity index (χ4v) is 2.00. The second-order valence-electron chi connectivity index (χ2n) is 5.76. The van der Waals surface area contributed by atoms with Crippen LogP contribution in [-0.4, -0.2) is 5.78 Å². The first-order valence-corrected chi connectivity index (χ1v) is 5.93. The van der Waals surface area contributed by atoms with Crippen molar-refractivity contribution in [3.63, 3.8) is 0 Å². The van der Waals surface area contributed by atoms with Crippen molar-refractivity contribution in [1.29, 1.82) is 0 Å². The summed E-state index contributed by atoms with van der Waals surface area (Å²) in [5.74, 6) is 0.459. The van der Waals surface area contributed by atoms with Crippen molar-refractivity contribution in [3.8, 4) is 0 Å². The molecule has 1 nitrogen and oxygen atoms in total. The van der Waals surface area contributed by atoms with Gasteiger partial charge in [0, 0.05) is 5.92 Å². The molecule has 0 radical (unpaired) electrons. The van der Waals surface area contributed by atoms with E-state index in [-0.39, 0.29) is 11.3 Å². The minimum atomic E-state index is 0.155. The Labute approximate surface area is 98.9 Å². The summed E-state index contributed by atoms with van der Waals surface area (Å²) < 4.78 is 0. The highest BCUT2D eigenvalue weighted by Crippen LogP contribution is 2.27. The average Bonchev–Trinajstić information content (AvgIpc) is 2.16. The molecule has 0 fully saturated rings. The monoisotopic (exact) mass is 218 g/mol. The van der Waals surface area contributed by atoms with Crippen molar-refractivity contribution in [3.05, 3.63) is 35.9 Å². The van der Waals surface area contributed by atoms with Crippen molar-refractivity contribution >= 4 is 5.78 Å². The van der Waals surface area contributed by atoms with Crippen LogP contribution in [0.4, 0.5) is 0 Å². The summed E-state index contributed by atoms with van der Waals surface area (Å²) in [6, 6.07) is 10.3. The molecule has 0 bridgehead atoms. The molecule has 0 aliphatic rings. The molecule has 1 aromatic carbocycles. The molecule has 1 heteroatoms. The molecular formula is C15H22O. The molecule has 1 aromatic rings. The molecule has 1 atom stereocenters. The fourth-order valence-electron chi connectivity index (χ4n) is 2.00. The van der Waals surface area contributed by atoms with Gasteiger partial charge in [-0.3, -0.25) is 4.79 Å². The highest BCUT2D eigenvalue weighted by atomic mass is 16.1. The molecule has 0 aliphatic carbocycles. The molecule has 0 saturated carbocycles. The Kier molecular flexibility index (Phi) is 4.28. The van der Waals surface area contributed by atoms with Gasteiger partial charge in [0.25, 0.3) is 0 Å². The van der Waals surface area contributed by atoms with Gasteiger partial charge >= 0.3 is 0 Å². The van der Waals surface area contributed by atoms with Crippen LogP contribution in [0.2, 0.25) is 0 Å². The third-order valence-corrected chi connectivity index (χ3v) is 2.76. The summed E-state index contributed by atoms with van der Waals surface area (Å²) in [5, 5.41) is 0. The summed E-state index contributed by atoms with van der Waals surface area (Å²) in [7, 11) is 0. The zero-order valence-corrected chi connectivity index (χ0v) is 10.8. The Hall–Kier alpha value is -1.11. The Morgan fingerprint density at radius 1 is 1.19 bits per heavy atom. The number of rotatable bonds is 4. The van der Waals surface area contributed by atoms with Gasteiger partial charge in [0.1, 0.15) is 5.78 Å². The second kappa shape index (κ2) is 5.29. The summed E-state index contributed by atoms with van der Waals surface area (Å²) in [6.45, 7) is 8.27. The summed E-state index contributed by atoms with van der Waals surface area (Å²) >= 11 is 0. The van der Waals surface area contributed by atoms with Gasteiger partial charge in [-0.05, 0) is 30.7 Å². The zero-order valence-electron chi connectivity index (χ0n) is 10.8. The van der Waals surface area contributed by atoms with Crippen LogP contribution in [0.15, 0.2) is 30.3 Å². The topological polar surface area (TPSA) is 17.1 Å². The molecule has 0 aliphatic heterocycles. The SMILES string of the molecule is CC(=O)C(Cc1ccccc1)CC(C)(C)C. The third kappa shape index (κ3) is 4.61. The van der Waals surface area contributed by atoms with Crippen LogP contribution in [0.3, 0.4) is 0 Å². The lowest BCUT2D eigenvalue weighted by atomic mass is 9.80. The van der Waals surface area contributed by atoms with Gasteiger partial charge in [0.2, 0.25) is 0 Å². The lowest BCUT2D eigenvalue weighted by Crippen LogP contribution is -2.21. The van der Waals surface area contributed by atoms with E-state index < -0.39 is 0 Å². The second-order valence-corrected chi connectivity index (χ2v) is 5.76. The van der Waals surface area contributed by atoms with E-state index in [0.29, 0.717) is 5.78 Å². The number of Topliss-reactive ketones (excluding diaryl/α,β-unsaturated/α-hetero) is 1. The van der Waals surface area contributed by atoms with Gasteiger partial charge in [-0.25, -0.2) is 0 Å². The Bertz CT molecular complexity index is 332. The number of carbonyl (C=O) groups is 1. The largest absolute Gasteiger partial charge is 0.300 e. The smallest absolute Gasteiger partial charge is 0.133 e. The van der Waals surface area contributed by atoms with E-state index in [1.807, 2.05) is 18.2 Å². The number of hydrogen-bond acceptors (Lipinski definition) is 1. The minimum absolute atomic E-state index is 0.155. The molecule has 88 valence electrons. The molecule has 1 rings (SSSR count). The molecule has 0 saturated heterocycles. The summed E-state index contributed by atoms with van der Waals surface area (Å²) in [5.41, 5.74) is 1.47. The van der Waals surface area contributed by atoms with Crippen LogP contribution in [0.25, 0.3) is 0 Å². The van der Waals surface area contributed by atoms with E-state index in [4.69, 9.17) is 0 Å². The van der Waals surface area contributed by atoms with Crippen LogP contribution in [0, 0.1) is 11.3 Å². The van der Waals surface area contributed by atoms with Gasteiger partial charge in [-0.2, -0.15) is 0 Å². The zero-order chi connectivity index (χ0) is 12.2. The van der Waals surface area contributed by atoms with Crippen LogP contribution in [-0.2, 0) is 11.2 Å². The molecule has 1 unspecified atom stereocenters. The predicted octanol–water partition coefficient (Wildman–Crippen LogP) is 3.87. The maximum Gasteiger partial charge on any atom is 0.133 e. The molecule has 0 N–H and O–H groups in total. The molecule has 0 aromatic heterocycles. The number of ketones is 1. The molecule has 16 heavy (non-hydrogen) atoms. The molecule has 0 heterocycles. The quantitative estimate of drug-likeness (QED) is 0.749. The van der Waals surface area contributed by atoms with Crippen molar-refractivity contribution < 1.29 is 4.79 Å². The first-order chi connectivity index (χ1) is 7.38. The van der Waals surface area contributed by atoms with Crippen molar-refractivity contribution in [2.75, 3.05) is 0 Å². The highest BCUT2D eigenvalue weighted by Gasteiger charge is 2.22. The number of benzene rings is 1. The number of carbonyl (C=O) groups excluding carboxylic acids is 1. The Morgan fingerprint density at radius 2 is 1.75 bits per heavy atom. The van der Waals surface area contributed by atoms with E-state index >= 15 is 0 Å². The Balaban J connectivity index is 2.70. The third-order valence-electron chi connectivity index (χ3n) is 2.76. The van der Waals surface area contributed by atoms with E-state index in [0.717, 1.165) is 12.8 Å². The lowest BCUT2D eigenvalue weighted by molar-refractivity contribution is -0.121. The molecule has 0 spiro atoms. The van der Waals surface area contributed by atoms with Crippen LogP contribution in [0.5, 0.6) is 0 Å². The maximum atomic E-state index is 11.6. The van der Waals surface area contributed by atoms with E-state index in [2.05, 4.69) is 32.9 Å². The van der Waals surface area contributed by atoms with Crippen LogP contribution in [0.1, 0.15) is 39.7 Å². The average molecular weight is 218 g/mol. The van der Waals surface area contributed by atoms with Gasteiger partial charge in [-0.15, -0.1) is 0 Å². The van der Waals surface area contributed by atoms with Gasteiger partial charge in [0.15, 0.2) is 0 Å². The number of hydrogen-bond donors (Lipinski definition) is 0. The van der Waals surface area contributed by atoms with Gasteiger partial charge in [-0.1, -0.05) is 51.1 Å². The van der Waals surface area contributed by atoms with Crippen molar-refractivity contribution in [1.82, 2.24) is 0 Å². The van der Waals surface area contributed by atoms with Crippen LogP contribution < -0.4 is 0 Å². The fraction of sp³-hybridized carbons (Fsp3) is 0.533. The van der Waals surface area contributed by atoms with Crippen molar-refractivity contribution in [2.24, 2.45) is 11.3 Å². The summed E-state index contributed by atoms with van der Waals surface area (Å²) in [6.07, 6.45) is 1.82. The normalized spacial score (nSPS) is 13.5. The van der Waals surface area contributed by atoms with E-state index in [1.54, 1.807) is 6.92 Å². The highest BCUT2D eigenvalue weighted by molar-refractivity contribution is 5.78. The van der Waals surface area contributed by atoms with E-state index in [1.165, 1.54) is 5.56 Å². The minimum Gasteiger partial charge on any atom is -0.300 e. The summed E-state index contributed by atoms with van der Waals surface area (Å²) in [4.78, 5) is 11.6.